The molecular weight excluding hydrogens is 279 g/mol. The van der Waals surface area contributed by atoms with Crippen molar-refractivity contribution in [2.24, 2.45) is 11.8 Å². The van der Waals surface area contributed by atoms with E-state index in [1.54, 1.807) is 0 Å². The van der Waals surface area contributed by atoms with Crippen molar-refractivity contribution in [1.29, 1.82) is 0 Å². The lowest BCUT2D eigenvalue weighted by molar-refractivity contribution is -0.186. The topological polar surface area (TPSA) is 29.1 Å². The highest BCUT2D eigenvalue weighted by Gasteiger charge is 2.44. The van der Waals surface area contributed by atoms with E-state index in [-0.39, 0.29) is 30.2 Å². The minimum absolute atomic E-state index is 0.0690. The Hall–Kier alpha value is -0.450. The van der Waals surface area contributed by atoms with E-state index in [0.29, 0.717) is 12.8 Å². The van der Waals surface area contributed by atoms with E-state index in [2.05, 4.69) is 5.32 Å². The van der Waals surface area contributed by atoms with Crippen LogP contribution in [0.3, 0.4) is 0 Å². The van der Waals surface area contributed by atoms with Gasteiger partial charge in [0.2, 0.25) is 5.91 Å². The van der Waals surface area contributed by atoms with Crippen LogP contribution in [0.15, 0.2) is 0 Å². The summed E-state index contributed by atoms with van der Waals surface area (Å²) in [6.07, 6.45) is -0.423. The largest absolute Gasteiger partial charge is 0.391 e. The molecule has 2 fully saturated rings. The molecular formula is C13H19ClF3NO. The molecule has 2 nitrogen and oxygen atoms in total. The summed E-state index contributed by atoms with van der Waals surface area (Å²) in [6, 6.07) is -0.0690. The third kappa shape index (κ3) is 3.77. The van der Waals surface area contributed by atoms with Crippen LogP contribution in [0.4, 0.5) is 13.2 Å². The molecule has 4 atom stereocenters. The predicted octanol–water partition coefficient (Wildman–Crippen LogP) is 3.63. The van der Waals surface area contributed by atoms with Crippen molar-refractivity contribution in [2.45, 2.75) is 62.5 Å². The van der Waals surface area contributed by atoms with Crippen molar-refractivity contribution < 1.29 is 18.0 Å². The van der Waals surface area contributed by atoms with Gasteiger partial charge in [0.25, 0.3) is 0 Å². The Bertz CT molecular complexity index is 334. The average molecular weight is 298 g/mol. The number of rotatable bonds is 2. The molecule has 2 saturated carbocycles. The van der Waals surface area contributed by atoms with Crippen LogP contribution in [0.1, 0.15) is 44.9 Å². The monoisotopic (exact) mass is 297 g/mol. The SMILES string of the molecule is O=C(NC1CCCC1Cl)C1CCCC(C(F)(F)F)C1. The van der Waals surface area contributed by atoms with E-state index in [4.69, 9.17) is 11.6 Å². The maximum absolute atomic E-state index is 12.7. The molecule has 0 spiro atoms. The van der Waals surface area contributed by atoms with Gasteiger partial charge in [-0.15, -0.1) is 11.6 Å². The second-order valence-electron chi connectivity index (χ2n) is 5.66. The lowest BCUT2D eigenvalue weighted by Crippen LogP contribution is -2.43. The van der Waals surface area contributed by atoms with Crippen LogP contribution in [-0.4, -0.2) is 23.5 Å². The van der Waals surface area contributed by atoms with Gasteiger partial charge in [-0.3, -0.25) is 4.79 Å². The molecule has 0 radical (unpaired) electrons. The van der Waals surface area contributed by atoms with E-state index < -0.39 is 18.0 Å². The van der Waals surface area contributed by atoms with Gasteiger partial charge in [0.15, 0.2) is 0 Å². The Balaban J connectivity index is 1.88. The molecule has 0 bridgehead atoms. The van der Waals surface area contributed by atoms with Gasteiger partial charge in [-0.25, -0.2) is 0 Å². The van der Waals surface area contributed by atoms with Gasteiger partial charge in [0.05, 0.1) is 11.3 Å². The average Bonchev–Trinajstić information content (AvgIpc) is 2.74. The van der Waals surface area contributed by atoms with Crippen LogP contribution in [0, 0.1) is 11.8 Å². The van der Waals surface area contributed by atoms with Crippen molar-refractivity contribution in [3.05, 3.63) is 0 Å². The molecule has 110 valence electrons. The zero-order chi connectivity index (χ0) is 14.0. The van der Waals surface area contributed by atoms with Crippen LogP contribution in [0.25, 0.3) is 0 Å². The lowest BCUT2D eigenvalue weighted by Gasteiger charge is -2.30. The van der Waals surface area contributed by atoms with Gasteiger partial charge in [-0.05, 0) is 38.5 Å². The standard InChI is InChI=1S/C13H19ClF3NO/c14-10-5-2-6-11(10)18-12(19)8-3-1-4-9(7-8)13(15,16)17/h8-11H,1-7H2,(H,18,19). The number of carbonyl (C=O) groups excluding carboxylic acids is 1. The van der Waals surface area contributed by atoms with Gasteiger partial charge in [-0.1, -0.05) is 6.42 Å². The van der Waals surface area contributed by atoms with E-state index >= 15 is 0 Å². The van der Waals surface area contributed by atoms with Gasteiger partial charge in [-0.2, -0.15) is 13.2 Å². The Morgan fingerprint density at radius 3 is 2.37 bits per heavy atom. The molecule has 2 aliphatic carbocycles. The van der Waals surface area contributed by atoms with Crippen LogP contribution < -0.4 is 5.32 Å². The summed E-state index contributed by atoms with van der Waals surface area (Å²) >= 11 is 6.07. The summed E-state index contributed by atoms with van der Waals surface area (Å²) in [5, 5.41) is 2.75. The fourth-order valence-electron chi connectivity index (χ4n) is 3.10. The second kappa shape index (κ2) is 5.90. The summed E-state index contributed by atoms with van der Waals surface area (Å²) in [7, 11) is 0. The van der Waals surface area contributed by atoms with Crippen molar-refractivity contribution in [3.8, 4) is 0 Å². The van der Waals surface area contributed by atoms with Gasteiger partial charge < -0.3 is 5.32 Å². The van der Waals surface area contributed by atoms with Crippen molar-refractivity contribution >= 4 is 17.5 Å². The minimum atomic E-state index is -4.18. The minimum Gasteiger partial charge on any atom is -0.352 e. The smallest absolute Gasteiger partial charge is 0.352 e. The molecule has 0 aromatic heterocycles. The first-order chi connectivity index (χ1) is 8.88. The van der Waals surface area contributed by atoms with E-state index in [9.17, 15) is 18.0 Å². The summed E-state index contributed by atoms with van der Waals surface area (Å²) in [5.74, 6) is -2.08. The summed E-state index contributed by atoms with van der Waals surface area (Å²) < 4.78 is 38.1. The molecule has 6 heteroatoms. The third-order valence-electron chi connectivity index (χ3n) is 4.27. The highest BCUT2D eigenvalue weighted by molar-refractivity contribution is 6.21. The highest BCUT2D eigenvalue weighted by Crippen LogP contribution is 2.40. The van der Waals surface area contributed by atoms with Crippen LogP contribution in [0.5, 0.6) is 0 Å². The predicted molar refractivity (Wildman–Crippen MR) is 66.9 cm³/mol. The molecule has 1 amide bonds. The summed E-state index contributed by atoms with van der Waals surface area (Å²) in [4.78, 5) is 12.0. The third-order valence-corrected chi connectivity index (χ3v) is 4.79. The first-order valence-electron chi connectivity index (χ1n) is 6.89. The lowest BCUT2D eigenvalue weighted by atomic mass is 9.80. The Kier molecular flexibility index (Phi) is 4.64. The zero-order valence-corrected chi connectivity index (χ0v) is 11.4. The van der Waals surface area contributed by atoms with Crippen LogP contribution >= 0.6 is 11.6 Å². The number of amides is 1. The number of nitrogens with one attached hydrogen (secondary N) is 1. The first kappa shape index (κ1) is 14.9. The van der Waals surface area contributed by atoms with E-state index in [1.165, 1.54) is 0 Å². The number of halogens is 4. The van der Waals surface area contributed by atoms with E-state index in [1.807, 2.05) is 0 Å². The number of alkyl halides is 4. The number of hydrogen-bond donors (Lipinski definition) is 1. The molecule has 2 aliphatic rings. The fourth-order valence-corrected chi connectivity index (χ4v) is 3.45. The quantitative estimate of drug-likeness (QED) is 0.775. The normalized spacial score (nSPS) is 36.2. The van der Waals surface area contributed by atoms with E-state index in [0.717, 1.165) is 19.3 Å². The molecule has 2 rings (SSSR count). The van der Waals surface area contributed by atoms with Crippen LogP contribution in [0.2, 0.25) is 0 Å². The maximum atomic E-state index is 12.7. The molecule has 4 unspecified atom stereocenters. The zero-order valence-electron chi connectivity index (χ0n) is 10.7. The summed E-state index contributed by atoms with van der Waals surface area (Å²) in [6.45, 7) is 0. The Morgan fingerprint density at radius 2 is 1.79 bits per heavy atom. The van der Waals surface area contributed by atoms with Crippen molar-refractivity contribution in [3.63, 3.8) is 0 Å². The highest BCUT2D eigenvalue weighted by atomic mass is 35.5. The molecule has 0 aromatic carbocycles. The Labute approximate surface area is 116 Å². The van der Waals surface area contributed by atoms with Crippen LogP contribution in [-0.2, 0) is 4.79 Å². The van der Waals surface area contributed by atoms with Crippen molar-refractivity contribution in [2.75, 3.05) is 0 Å². The molecule has 0 aliphatic heterocycles. The molecule has 0 aromatic rings. The second-order valence-corrected chi connectivity index (χ2v) is 6.22. The molecule has 19 heavy (non-hydrogen) atoms. The number of hydrogen-bond acceptors (Lipinski definition) is 1. The summed E-state index contributed by atoms with van der Waals surface area (Å²) in [5.41, 5.74) is 0. The molecule has 0 saturated heterocycles. The maximum Gasteiger partial charge on any atom is 0.391 e. The van der Waals surface area contributed by atoms with Gasteiger partial charge in [0.1, 0.15) is 0 Å². The first-order valence-corrected chi connectivity index (χ1v) is 7.32. The van der Waals surface area contributed by atoms with Crippen molar-refractivity contribution in [1.82, 2.24) is 5.32 Å². The molecule has 1 N–H and O–H groups in total. The van der Waals surface area contributed by atoms with Gasteiger partial charge >= 0.3 is 6.18 Å². The van der Waals surface area contributed by atoms with Gasteiger partial charge in [0, 0.05) is 12.0 Å². The fraction of sp³-hybridized carbons (Fsp3) is 0.923. The molecule has 0 heterocycles. The number of carbonyl (C=O) groups is 1. The Morgan fingerprint density at radius 1 is 1.11 bits per heavy atom.